The molecule has 0 radical (unpaired) electrons. The summed E-state index contributed by atoms with van der Waals surface area (Å²) in [5.74, 6) is -2.13. The number of carbonyl (C=O) groups excluding carboxylic acids is 5. The minimum atomic E-state index is -1.55. The minimum Gasteiger partial charge on any atom is -0.453 e. The van der Waals surface area contributed by atoms with Crippen molar-refractivity contribution in [2.75, 3.05) is 14.2 Å². The van der Waals surface area contributed by atoms with E-state index < -0.39 is 71.0 Å². The summed E-state index contributed by atoms with van der Waals surface area (Å²) < 4.78 is 9.47. The first-order valence-electron chi connectivity index (χ1n) is 17.3. The third-order valence-electron chi connectivity index (χ3n) is 9.00. The number of aliphatic hydroxyl groups is 1. The van der Waals surface area contributed by atoms with Crippen LogP contribution in [0.1, 0.15) is 52.2 Å². The van der Waals surface area contributed by atoms with Gasteiger partial charge in [-0.25, -0.2) is 9.59 Å². The van der Waals surface area contributed by atoms with Gasteiger partial charge in [0.2, 0.25) is 17.7 Å². The Morgan fingerprint density at radius 2 is 1.26 bits per heavy atom. The maximum atomic E-state index is 13.9. The van der Waals surface area contributed by atoms with Crippen molar-refractivity contribution in [1.82, 2.24) is 26.3 Å². The van der Waals surface area contributed by atoms with Crippen LogP contribution in [-0.4, -0.2) is 84.5 Å². The summed E-state index contributed by atoms with van der Waals surface area (Å²) in [6.45, 7) is 8.22. The van der Waals surface area contributed by atoms with Gasteiger partial charge in [-0.15, -0.1) is 0 Å². The number of rotatable bonds is 16. The van der Waals surface area contributed by atoms with E-state index in [2.05, 4.69) is 26.3 Å². The van der Waals surface area contributed by atoms with Crippen molar-refractivity contribution in [3.63, 3.8) is 0 Å². The Morgan fingerprint density at radius 1 is 0.717 bits per heavy atom. The average molecular weight is 733 g/mol. The lowest BCUT2D eigenvalue weighted by molar-refractivity contribution is -0.136. The van der Waals surface area contributed by atoms with Crippen molar-refractivity contribution in [3.05, 3.63) is 90.1 Å². The molecule has 2 aromatic carbocycles. The Labute approximate surface area is 310 Å². The van der Waals surface area contributed by atoms with Crippen molar-refractivity contribution in [1.29, 1.82) is 0 Å². The highest BCUT2D eigenvalue weighted by Crippen LogP contribution is 2.24. The summed E-state index contributed by atoms with van der Waals surface area (Å²) in [5, 5.41) is 22.8. The molecule has 0 aliphatic heterocycles. The number of alkyl carbamates (subject to hydrolysis) is 2. The first-order chi connectivity index (χ1) is 25.0. The molecule has 7 N–H and O–H groups in total. The lowest BCUT2D eigenvalue weighted by Gasteiger charge is -2.35. The van der Waals surface area contributed by atoms with E-state index in [0.717, 1.165) is 29.5 Å². The van der Waals surface area contributed by atoms with Gasteiger partial charge in [0.25, 0.3) is 0 Å². The number of nitrogens with two attached hydrogens (primary N) is 1. The van der Waals surface area contributed by atoms with Crippen LogP contribution in [0.5, 0.6) is 0 Å². The number of pyridine rings is 1. The largest absolute Gasteiger partial charge is 0.453 e. The Hall–Kier alpha value is -5.50. The van der Waals surface area contributed by atoms with Gasteiger partial charge < -0.3 is 41.6 Å². The lowest BCUT2D eigenvalue weighted by atomic mass is 9.82. The molecule has 14 nitrogen and oxygen atoms in total. The van der Waals surface area contributed by atoms with Crippen LogP contribution < -0.4 is 27.0 Å². The van der Waals surface area contributed by atoms with Crippen molar-refractivity contribution in [3.8, 4) is 11.3 Å². The Balaban J connectivity index is 1.99. The molecule has 14 heteroatoms. The number of aromatic nitrogens is 1. The molecule has 3 aromatic rings. The zero-order chi connectivity index (χ0) is 39.3. The van der Waals surface area contributed by atoms with Gasteiger partial charge in [0, 0.05) is 17.8 Å². The quantitative estimate of drug-likeness (QED) is 0.127. The van der Waals surface area contributed by atoms with Crippen LogP contribution in [0.25, 0.3) is 11.3 Å². The lowest BCUT2D eigenvalue weighted by Crippen LogP contribution is -2.61. The topological polar surface area (TPSA) is 211 Å². The number of aliphatic hydroxyl groups excluding tert-OH is 1. The van der Waals surface area contributed by atoms with Crippen LogP contribution in [0.3, 0.4) is 0 Å². The van der Waals surface area contributed by atoms with E-state index in [1.54, 1.807) is 27.0 Å². The third-order valence-corrected chi connectivity index (χ3v) is 9.00. The fourth-order valence-corrected chi connectivity index (χ4v) is 5.73. The second kappa shape index (κ2) is 18.8. The zero-order valence-corrected chi connectivity index (χ0v) is 31.3. The van der Waals surface area contributed by atoms with Crippen molar-refractivity contribution < 1.29 is 38.6 Å². The predicted molar refractivity (Wildman–Crippen MR) is 199 cm³/mol. The monoisotopic (exact) mass is 732 g/mol. The maximum absolute atomic E-state index is 13.9. The summed E-state index contributed by atoms with van der Waals surface area (Å²) in [6.07, 6.45) is -0.912. The molecule has 1 heterocycles. The van der Waals surface area contributed by atoms with Crippen LogP contribution in [0.2, 0.25) is 0 Å². The van der Waals surface area contributed by atoms with Crippen LogP contribution in [0, 0.1) is 10.8 Å². The van der Waals surface area contributed by atoms with Crippen molar-refractivity contribution in [2.45, 2.75) is 84.2 Å². The number of hydrogen-bond donors (Lipinski definition) is 6. The van der Waals surface area contributed by atoms with Gasteiger partial charge >= 0.3 is 12.2 Å². The molecular weight excluding hydrogens is 680 g/mol. The molecule has 5 amide bonds. The first kappa shape index (κ1) is 41.9. The molecule has 286 valence electrons. The Bertz CT molecular complexity index is 1680. The summed E-state index contributed by atoms with van der Waals surface area (Å²) in [4.78, 5) is 69.0. The SMILES string of the molecule is COC(=O)N[C@H](C(=O)N[C@@H](Cc1ccc(-c2ccccn2)cc1)C[C@H](O)[C@H](Cc1ccccc1)NC(=O)[C@@H](NC(=O)OC)C(C)(C)C(N)=O)C(C)(C)C. The number of nitrogens with one attached hydrogen (secondary N) is 4. The number of hydrogen-bond acceptors (Lipinski definition) is 9. The Morgan fingerprint density at radius 3 is 1.79 bits per heavy atom. The number of carbonyl (C=O) groups is 5. The van der Waals surface area contributed by atoms with E-state index in [1.165, 1.54) is 21.0 Å². The standard InChI is InChI=1S/C39H52N6O8/c1-38(2,3)31(44-36(50)52-6)33(47)42-27(21-25-16-18-26(19-17-25)28-15-11-12-20-41-28)23-30(46)29(22-24-13-9-8-10-14-24)43-34(48)32(45-37(51)53-7)39(4,5)35(40)49/h8-20,27,29-32,46H,21-23H2,1-7H3,(H2,40,49)(H,42,47)(H,43,48)(H,44,50)(H,45,51)/t27-,29-,30-,31+,32+/m0/s1. The average Bonchev–Trinajstić information content (AvgIpc) is 3.12. The highest BCUT2D eigenvalue weighted by molar-refractivity contribution is 5.94. The molecule has 0 unspecified atom stereocenters. The molecule has 0 saturated carbocycles. The van der Waals surface area contributed by atoms with Gasteiger partial charge in [-0.3, -0.25) is 19.4 Å². The van der Waals surface area contributed by atoms with Crippen LogP contribution in [-0.2, 0) is 36.7 Å². The van der Waals surface area contributed by atoms with Crippen molar-refractivity contribution >= 4 is 29.9 Å². The first-order valence-corrected chi connectivity index (χ1v) is 17.3. The zero-order valence-electron chi connectivity index (χ0n) is 31.3. The second-order valence-electron chi connectivity index (χ2n) is 14.5. The van der Waals surface area contributed by atoms with Gasteiger partial charge in [0.05, 0.1) is 37.5 Å². The fourth-order valence-electron chi connectivity index (χ4n) is 5.73. The number of amides is 5. The second-order valence-corrected chi connectivity index (χ2v) is 14.5. The molecule has 0 saturated heterocycles. The van der Waals surface area contributed by atoms with Crippen molar-refractivity contribution in [2.24, 2.45) is 16.6 Å². The van der Waals surface area contributed by atoms with E-state index in [4.69, 9.17) is 15.2 Å². The van der Waals surface area contributed by atoms with Gasteiger partial charge in [-0.05, 0) is 61.8 Å². The molecule has 5 atom stereocenters. The maximum Gasteiger partial charge on any atom is 0.407 e. The molecular formula is C39H52N6O8. The smallest absolute Gasteiger partial charge is 0.407 e. The van der Waals surface area contributed by atoms with E-state index in [0.29, 0.717) is 0 Å². The van der Waals surface area contributed by atoms with Crippen LogP contribution in [0.4, 0.5) is 9.59 Å². The third kappa shape index (κ3) is 12.3. The van der Waals surface area contributed by atoms with E-state index in [1.807, 2.05) is 72.8 Å². The van der Waals surface area contributed by atoms with Crippen LogP contribution >= 0.6 is 0 Å². The molecule has 53 heavy (non-hydrogen) atoms. The van der Waals surface area contributed by atoms with Gasteiger partial charge in [-0.1, -0.05) is 81.4 Å². The van der Waals surface area contributed by atoms with Gasteiger partial charge in [-0.2, -0.15) is 0 Å². The molecule has 0 aliphatic rings. The van der Waals surface area contributed by atoms with Gasteiger partial charge in [0.1, 0.15) is 12.1 Å². The van der Waals surface area contributed by atoms with E-state index in [9.17, 15) is 29.1 Å². The molecule has 1 aromatic heterocycles. The highest BCUT2D eigenvalue weighted by Gasteiger charge is 2.43. The number of benzene rings is 2. The molecule has 0 aliphatic carbocycles. The molecule has 3 rings (SSSR count). The van der Waals surface area contributed by atoms with Gasteiger partial charge in [0.15, 0.2) is 0 Å². The number of ether oxygens (including phenoxy) is 2. The Kier molecular flexibility index (Phi) is 14.9. The number of nitrogens with zero attached hydrogens (tertiary/aromatic N) is 1. The fraction of sp³-hybridized carbons (Fsp3) is 0.436. The molecule has 0 spiro atoms. The summed E-state index contributed by atoms with van der Waals surface area (Å²) in [6, 6.07) is 18.3. The predicted octanol–water partition coefficient (Wildman–Crippen LogP) is 3.26. The summed E-state index contributed by atoms with van der Waals surface area (Å²) in [7, 11) is 2.33. The highest BCUT2D eigenvalue weighted by atomic mass is 16.5. The number of primary amides is 1. The minimum absolute atomic E-state index is 0.0467. The number of methoxy groups -OCH3 is 2. The molecule has 0 fully saturated rings. The van der Waals surface area contributed by atoms with E-state index >= 15 is 0 Å². The summed E-state index contributed by atoms with van der Waals surface area (Å²) in [5.41, 5.74) is 6.66. The normalized spacial score (nSPS) is 14.3. The van der Waals surface area contributed by atoms with E-state index in [-0.39, 0.29) is 19.3 Å². The molecule has 0 bridgehead atoms. The van der Waals surface area contributed by atoms with Crippen LogP contribution in [0.15, 0.2) is 79.0 Å². The summed E-state index contributed by atoms with van der Waals surface area (Å²) >= 11 is 0.